The van der Waals surface area contributed by atoms with Crippen molar-refractivity contribution in [3.05, 3.63) is 94.7 Å². The van der Waals surface area contributed by atoms with E-state index >= 15 is 0 Å². The minimum atomic E-state index is -0.958. The highest BCUT2D eigenvalue weighted by molar-refractivity contribution is 5.92. The summed E-state index contributed by atoms with van der Waals surface area (Å²) in [6.07, 6.45) is 4.54. The number of hydrogen-bond donors (Lipinski definition) is 1. The van der Waals surface area contributed by atoms with Crippen LogP contribution in [0.1, 0.15) is 50.6 Å². The number of ether oxygens (including phenoxy) is 2. The van der Waals surface area contributed by atoms with Crippen molar-refractivity contribution in [1.29, 1.82) is 0 Å². The second-order valence-corrected chi connectivity index (χ2v) is 10.3. The Labute approximate surface area is 235 Å². The smallest absolute Gasteiger partial charge is 0.335 e. The Morgan fingerprint density at radius 3 is 2.76 bits per heavy atom. The minimum Gasteiger partial charge on any atom is -0.478 e. The summed E-state index contributed by atoms with van der Waals surface area (Å²) < 4.78 is 27.5. The van der Waals surface area contributed by atoms with Gasteiger partial charge in [0.15, 0.2) is 6.29 Å². The zero-order chi connectivity index (χ0) is 28.3. The number of carboxylic acid groups (broad SMARTS) is 1. The van der Waals surface area contributed by atoms with Crippen molar-refractivity contribution in [3.8, 4) is 5.88 Å². The second-order valence-electron chi connectivity index (χ2n) is 10.3. The molecule has 0 spiro atoms. The summed E-state index contributed by atoms with van der Waals surface area (Å²) in [6.45, 7) is 3.69. The van der Waals surface area contributed by atoms with Crippen LogP contribution in [0.4, 0.5) is 4.39 Å². The number of hydrogen-bond acceptors (Lipinski definition) is 7. The topological polar surface area (TPSA) is 107 Å². The lowest BCUT2D eigenvalue weighted by Gasteiger charge is -2.29. The van der Waals surface area contributed by atoms with E-state index in [0.29, 0.717) is 37.4 Å². The molecule has 9 nitrogen and oxygen atoms in total. The van der Waals surface area contributed by atoms with Gasteiger partial charge >= 0.3 is 5.97 Å². The lowest BCUT2D eigenvalue weighted by molar-refractivity contribution is -0.0591. The first-order valence-corrected chi connectivity index (χ1v) is 13.6. The van der Waals surface area contributed by atoms with E-state index in [1.807, 2.05) is 12.1 Å². The Bertz CT molecular complexity index is 1650. The SMILES string of the molecule is O=Cc1ccc(COc2cccc(C3=CCN(Cc4nc5ccc(C(=O)O)cc5n4C[C@@H]4CCO4)CC3)n2)cc1F. The van der Waals surface area contributed by atoms with Gasteiger partial charge < -0.3 is 19.1 Å². The Balaban J connectivity index is 1.14. The molecule has 1 saturated heterocycles. The number of carbonyl (C=O) groups excluding carboxylic acids is 1. The summed E-state index contributed by atoms with van der Waals surface area (Å²) in [5.74, 6) is -0.198. The zero-order valence-electron chi connectivity index (χ0n) is 22.3. The second kappa shape index (κ2) is 11.6. The van der Waals surface area contributed by atoms with Gasteiger partial charge in [0.1, 0.15) is 18.2 Å². The van der Waals surface area contributed by atoms with E-state index in [1.165, 1.54) is 12.1 Å². The van der Waals surface area contributed by atoms with Gasteiger partial charge in [0.05, 0.1) is 47.0 Å². The first kappa shape index (κ1) is 26.8. The number of nitrogens with zero attached hydrogens (tertiary/aromatic N) is 4. The third-order valence-corrected chi connectivity index (χ3v) is 7.54. The number of aromatic carboxylic acids is 1. The molecule has 4 aromatic rings. The van der Waals surface area contributed by atoms with Gasteiger partial charge in [-0.25, -0.2) is 19.2 Å². The molecule has 210 valence electrons. The van der Waals surface area contributed by atoms with E-state index < -0.39 is 11.8 Å². The molecule has 2 aliphatic rings. The minimum absolute atomic E-state index is 0.0177. The molecule has 2 aromatic carbocycles. The summed E-state index contributed by atoms with van der Waals surface area (Å²) in [4.78, 5) is 34.2. The zero-order valence-corrected chi connectivity index (χ0v) is 22.3. The quantitative estimate of drug-likeness (QED) is 0.279. The lowest BCUT2D eigenvalue weighted by atomic mass is 10.0. The summed E-state index contributed by atoms with van der Waals surface area (Å²) in [7, 11) is 0. The van der Waals surface area contributed by atoms with E-state index in [2.05, 4.69) is 20.5 Å². The van der Waals surface area contributed by atoms with Crippen molar-refractivity contribution in [2.75, 3.05) is 19.7 Å². The van der Waals surface area contributed by atoms with E-state index in [1.54, 1.807) is 30.3 Å². The molecule has 1 N–H and O–H groups in total. The van der Waals surface area contributed by atoms with E-state index in [9.17, 15) is 19.1 Å². The van der Waals surface area contributed by atoms with Gasteiger partial charge in [-0.3, -0.25) is 9.69 Å². The van der Waals surface area contributed by atoms with Crippen molar-refractivity contribution in [3.63, 3.8) is 0 Å². The molecular weight excluding hydrogens is 527 g/mol. The molecule has 41 heavy (non-hydrogen) atoms. The van der Waals surface area contributed by atoms with Gasteiger partial charge in [0.25, 0.3) is 0 Å². The number of halogens is 1. The molecule has 0 saturated carbocycles. The fourth-order valence-electron chi connectivity index (χ4n) is 5.14. The number of carboxylic acids is 1. The third-order valence-electron chi connectivity index (χ3n) is 7.54. The average molecular weight is 557 g/mol. The highest BCUT2D eigenvalue weighted by Crippen LogP contribution is 2.26. The molecule has 0 aliphatic carbocycles. The maximum Gasteiger partial charge on any atom is 0.335 e. The molecule has 0 amide bonds. The Hall–Kier alpha value is -4.41. The number of carbonyl (C=O) groups is 2. The van der Waals surface area contributed by atoms with Crippen LogP contribution in [0, 0.1) is 5.82 Å². The maximum absolute atomic E-state index is 13.9. The highest BCUT2D eigenvalue weighted by atomic mass is 19.1. The molecular formula is C31H29FN4O5. The fraction of sp³-hybridized carbons (Fsp3) is 0.290. The van der Waals surface area contributed by atoms with Crippen LogP contribution in [0.2, 0.25) is 0 Å². The third kappa shape index (κ3) is 5.89. The molecule has 2 aliphatic heterocycles. The largest absolute Gasteiger partial charge is 0.478 e. The maximum atomic E-state index is 13.9. The van der Waals surface area contributed by atoms with Crippen LogP contribution in [-0.4, -0.2) is 62.6 Å². The fourth-order valence-corrected chi connectivity index (χ4v) is 5.14. The number of rotatable bonds is 10. The molecule has 1 fully saturated rings. The van der Waals surface area contributed by atoms with Crippen molar-refractivity contribution < 1.29 is 28.6 Å². The van der Waals surface area contributed by atoms with E-state index in [4.69, 9.17) is 14.5 Å². The monoisotopic (exact) mass is 556 g/mol. The molecule has 0 radical (unpaired) electrons. The molecule has 1 atom stereocenters. The van der Waals surface area contributed by atoms with E-state index in [-0.39, 0.29) is 23.8 Å². The number of aromatic nitrogens is 3. The summed E-state index contributed by atoms with van der Waals surface area (Å²) in [6, 6.07) is 15.0. The van der Waals surface area contributed by atoms with Crippen LogP contribution in [0.15, 0.2) is 60.7 Å². The Kier molecular flexibility index (Phi) is 7.58. The first-order chi connectivity index (χ1) is 20.0. The number of benzene rings is 2. The van der Waals surface area contributed by atoms with Gasteiger partial charge in [-0.1, -0.05) is 18.2 Å². The lowest BCUT2D eigenvalue weighted by Crippen LogP contribution is -2.33. The molecule has 0 unspecified atom stereocenters. The standard InChI is InChI=1S/C31H29FN4O5/c32-25-14-20(4-5-23(25)18-37)19-41-30-3-1-2-26(34-30)21-8-11-35(12-9-21)17-29-33-27-7-6-22(31(38)39)15-28(27)36(29)16-24-10-13-40-24/h1-8,14-15,18,24H,9-13,16-17,19H2,(H,38,39)/t24-/m0/s1. The number of aldehydes is 1. The first-order valence-electron chi connectivity index (χ1n) is 13.6. The van der Waals surface area contributed by atoms with Gasteiger partial charge in [0.2, 0.25) is 5.88 Å². The molecule has 4 heterocycles. The number of fused-ring (bicyclic) bond motifs is 1. The van der Waals surface area contributed by atoms with Crippen LogP contribution in [0.5, 0.6) is 5.88 Å². The van der Waals surface area contributed by atoms with Crippen LogP contribution in [0.25, 0.3) is 16.6 Å². The van der Waals surface area contributed by atoms with Crippen LogP contribution >= 0.6 is 0 Å². The predicted molar refractivity (Wildman–Crippen MR) is 149 cm³/mol. The van der Waals surface area contributed by atoms with Crippen molar-refractivity contribution in [1.82, 2.24) is 19.4 Å². The molecule has 10 heteroatoms. The van der Waals surface area contributed by atoms with Crippen LogP contribution in [0.3, 0.4) is 0 Å². The van der Waals surface area contributed by atoms with Gasteiger partial charge in [0, 0.05) is 25.8 Å². The van der Waals surface area contributed by atoms with Crippen molar-refractivity contribution in [2.24, 2.45) is 0 Å². The molecule has 6 rings (SSSR count). The van der Waals surface area contributed by atoms with Crippen LogP contribution in [-0.2, 0) is 24.4 Å². The summed E-state index contributed by atoms with van der Waals surface area (Å²) >= 11 is 0. The normalized spacial score (nSPS) is 17.2. The average Bonchev–Trinajstić information content (AvgIpc) is 3.30. The van der Waals surface area contributed by atoms with Crippen molar-refractivity contribution >= 4 is 28.9 Å². The number of imidazole rings is 1. The molecule has 0 bridgehead atoms. The van der Waals surface area contributed by atoms with Gasteiger partial charge in [-0.2, -0.15) is 0 Å². The Morgan fingerprint density at radius 1 is 1.17 bits per heavy atom. The molecule has 2 aromatic heterocycles. The van der Waals surface area contributed by atoms with Crippen LogP contribution < -0.4 is 4.74 Å². The number of pyridine rings is 1. The predicted octanol–water partition coefficient (Wildman–Crippen LogP) is 4.74. The highest BCUT2D eigenvalue weighted by Gasteiger charge is 2.24. The summed E-state index contributed by atoms with van der Waals surface area (Å²) in [5, 5.41) is 9.48. The Morgan fingerprint density at radius 2 is 2.05 bits per heavy atom. The summed E-state index contributed by atoms with van der Waals surface area (Å²) in [5.41, 5.74) is 4.42. The van der Waals surface area contributed by atoms with E-state index in [0.717, 1.165) is 54.1 Å². The van der Waals surface area contributed by atoms with Crippen molar-refractivity contribution in [2.45, 2.75) is 38.6 Å². The van der Waals surface area contributed by atoms with Gasteiger partial charge in [-0.15, -0.1) is 0 Å². The van der Waals surface area contributed by atoms with Gasteiger partial charge in [-0.05, 0) is 60.4 Å².